The summed E-state index contributed by atoms with van der Waals surface area (Å²) < 4.78 is 34.4. The second kappa shape index (κ2) is 8.86. The van der Waals surface area contributed by atoms with E-state index in [0.717, 1.165) is 36.1 Å². The number of oxazole rings is 1. The van der Waals surface area contributed by atoms with Crippen molar-refractivity contribution < 1.29 is 18.0 Å². The van der Waals surface area contributed by atoms with Gasteiger partial charge in [0.25, 0.3) is 0 Å². The van der Waals surface area contributed by atoms with Crippen LogP contribution in [0.25, 0.3) is 22.4 Å². The number of rotatable bonds is 8. The number of amides is 1. The summed E-state index contributed by atoms with van der Waals surface area (Å²) >= 11 is 0. The number of hydrogen-bond donors (Lipinski definition) is 1. The van der Waals surface area contributed by atoms with Gasteiger partial charge in [0, 0.05) is 32.0 Å². The fraction of sp³-hybridized carbons (Fsp3) is 0.227. The highest BCUT2D eigenvalue weighted by molar-refractivity contribution is 5.76. The second-order valence-electron chi connectivity index (χ2n) is 6.87. The van der Waals surface area contributed by atoms with Crippen LogP contribution < -0.4 is 5.32 Å². The number of carbonyl (C=O) groups excluding carboxylic acids is 1. The third-order valence-corrected chi connectivity index (χ3v) is 4.74. The van der Waals surface area contributed by atoms with E-state index in [1.54, 1.807) is 6.33 Å². The van der Waals surface area contributed by atoms with Gasteiger partial charge >= 0.3 is 0 Å². The minimum absolute atomic E-state index is 0.113. The molecule has 154 valence electrons. The maximum Gasteiger partial charge on any atom is 0.220 e. The van der Waals surface area contributed by atoms with Gasteiger partial charge in [-0.2, -0.15) is 0 Å². The standard InChI is InChI=1S/C22H20F2N4O2/c23-15-6-7-16(17(24)12-15)20-13-26-22(30-20)9-8-21(29)25-10-3-11-28-14-27-18-4-1-2-5-19(18)28/h1-2,4-7,12-14H,3,8-11H2,(H,25,29). The van der Waals surface area contributed by atoms with Crippen molar-refractivity contribution in [3.63, 3.8) is 0 Å². The molecule has 4 rings (SSSR count). The zero-order valence-electron chi connectivity index (χ0n) is 16.1. The first-order chi connectivity index (χ1) is 14.6. The van der Waals surface area contributed by atoms with Crippen molar-refractivity contribution >= 4 is 16.9 Å². The van der Waals surface area contributed by atoms with Gasteiger partial charge in [-0.15, -0.1) is 0 Å². The zero-order chi connectivity index (χ0) is 20.9. The van der Waals surface area contributed by atoms with E-state index in [1.807, 2.05) is 24.3 Å². The maximum atomic E-state index is 13.8. The molecule has 2 aromatic carbocycles. The van der Waals surface area contributed by atoms with Gasteiger partial charge < -0.3 is 14.3 Å². The van der Waals surface area contributed by atoms with Crippen molar-refractivity contribution in [3.05, 3.63) is 72.5 Å². The summed E-state index contributed by atoms with van der Waals surface area (Å²) in [5, 5.41) is 2.87. The monoisotopic (exact) mass is 410 g/mol. The Kier molecular flexibility index (Phi) is 5.83. The molecule has 2 heterocycles. The molecular weight excluding hydrogens is 390 g/mol. The number of halogens is 2. The fourth-order valence-corrected chi connectivity index (χ4v) is 3.21. The molecule has 30 heavy (non-hydrogen) atoms. The molecule has 0 saturated carbocycles. The quantitative estimate of drug-likeness (QED) is 0.444. The first-order valence-corrected chi connectivity index (χ1v) is 9.67. The first-order valence-electron chi connectivity index (χ1n) is 9.67. The van der Waals surface area contributed by atoms with Crippen LogP contribution in [0.15, 0.2) is 59.4 Å². The highest BCUT2D eigenvalue weighted by Crippen LogP contribution is 2.24. The van der Waals surface area contributed by atoms with Crippen molar-refractivity contribution in [2.45, 2.75) is 25.8 Å². The van der Waals surface area contributed by atoms with E-state index < -0.39 is 11.6 Å². The minimum atomic E-state index is -0.721. The molecule has 4 aromatic rings. The number of aryl methyl sites for hydroxylation is 2. The van der Waals surface area contributed by atoms with Gasteiger partial charge in [0.2, 0.25) is 5.91 Å². The largest absolute Gasteiger partial charge is 0.441 e. The minimum Gasteiger partial charge on any atom is -0.441 e. The SMILES string of the molecule is O=C(CCc1ncc(-c2ccc(F)cc2F)o1)NCCCn1cnc2ccccc21. The Bertz CT molecular complexity index is 1170. The topological polar surface area (TPSA) is 73.0 Å². The molecule has 0 unspecified atom stereocenters. The van der Waals surface area contributed by atoms with Crippen LogP contribution in [0.4, 0.5) is 8.78 Å². The molecule has 0 spiro atoms. The number of nitrogens with zero attached hydrogens (tertiary/aromatic N) is 3. The maximum absolute atomic E-state index is 13.8. The molecule has 0 fully saturated rings. The molecule has 8 heteroatoms. The van der Waals surface area contributed by atoms with E-state index in [2.05, 4.69) is 19.9 Å². The summed E-state index contributed by atoms with van der Waals surface area (Å²) in [5.41, 5.74) is 2.15. The summed E-state index contributed by atoms with van der Waals surface area (Å²) in [5.74, 6) is -0.961. The van der Waals surface area contributed by atoms with Crippen LogP contribution in [0.5, 0.6) is 0 Å². The zero-order valence-corrected chi connectivity index (χ0v) is 16.1. The average molecular weight is 410 g/mol. The third kappa shape index (κ3) is 4.53. The Morgan fingerprint density at radius 1 is 1.13 bits per heavy atom. The van der Waals surface area contributed by atoms with Gasteiger partial charge in [-0.05, 0) is 30.7 Å². The van der Waals surface area contributed by atoms with Gasteiger partial charge in [0.15, 0.2) is 11.7 Å². The Morgan fingerprint density at radius 2 is 2.00 bits per heavy atom. The summed E-state index contributed by atoms with van der Waals surface area (Å²) in [4.78, 5) is 20.5. The van der Waals surface area contributed by atoms with Crippen LogP contribution >= 0.6 is 0 Å². The van der Waals surface area contributed by atoms with E-state index in [9.17, 15) is 13.6 Å². The molecule has 0 atom stereocenters. The van der Waals surface area contributed by atoms with E-state index in [1.165, 1.54) is 12.3 Å². The van der Waals surface area contributed by atoms with Crippen molar-refractivity contribution in [3.8, 4) is 11.3 Å². The predicted molar refractivity (Wildman–Crippen MR) is 108 cm³/mol. The lowest BCUT2D eigenvalue weighted by atomic mass is 10.2. The van der Waals surface area contributed by atoms with Gasteiger partial charge in [-0.25, -0.2) is 18.7 Å². The van der Waals surface area contributed by atoms with Crippen molar-refractivity contribution in [1.29, 1.82) is 0 Å². The van der Waals surface area contributed by atoms with Crippen LogP contribution in [0.2, 0.25) is 0 Å². The number of benzene rings is 2. The number of imidazole rings is 1. The summed E-state index contributed by atoms with van der Waals surface area (Å²) in [6.45, 7) is 1.30. The Morgan fingerprint density at radius 3 is 2.87 bits per heavy atom. The Balaban J connectivity index is 1.22. The van der Waals surface area contributed by atoms with E-state index >= 15 is 0 Å². The smallest absolute Gasteiger partial charge is 0.220 e. The van der Waals surface area contributed by atoms with Gasteiger partial charge in [-0.3, -0.25) is 4.79 Å². The predicted octanol–water partition coefficient (Wildman–Crippen LogP) is 4.11. The average Bonchev–Trinajstić information content (AvgIpc) is 3.37. The molecule has 1 N–H and O–H groups in total. The summed E-state index contributed by atoms with van der Waals surface area (Å²) in [6, 6.07) is 11.1. The van der Waals surface area contributed by atoms with Crippen molar-refractivity contribution in [1.82, 2.24) is 19.9 Å². The van der Waals surface area contributed by atoms with Crippen molar-refractivity contribution in [2.24, 2.45) is 0 Å². The molecule has 0 bridgehead atoms. The molecule has 0 aliphatic heterocycles. The third-order valence-electron chi connectivity index (χ3n) is 4.74. The van der Waals surface area contributed by atoms with Gasteiger partial charge in [-0.1, -0.05) is 12.1 Å². The van der Waals surface area contributed by atoms with Crippen LogP contribution in [0.3, 0.4) is 0 Å². The number of para-hydroxylation sites is 2. The molecule has 0 saturated heterocycles. The van der Waals surface area contributed by atoms with Gasteiger partial charge in [0.1, 0.15) is 11.6 Å². The van der Waals surface area contributed by atoms with Crippen LogP contribution in [-0.4, -0.2) is 27.0 Å². The summed E-state index contributed by atoms with van der Waals surface area (Å²) in [7, 11) is 0. The molecule has 6 nitrogen and oxygen atoms in total. The number of aromatic nitrogens is 3. The second-order valence-corrected chi connectivity index (χ2v) is 6.87. The van der Waals surface area contributed by atoms with E-state index in [4.69, 9.17) is 4.42 Å². The Hall–Kier alpha value is -3.55. The lowest BCUT2D eigenvalue weighted by molar-refractivity contribution is -0.121. The number of nitrogens with one attached hydrogen (secondary N) is 1. The van der Waals surface area contributed by atoms with E-state index in [-0.39, 0.29) is 23.7 Å². The Labute approximate surface area is 171 Å². The molecular formula is C22H20F2N4O2. The van der Waals surface area contributed by atoms with Crippen molar-refractivity contribution in [2.75, 3.05) is 6.54 Å². The first kappa shape index (κ1) is 19.8. The fourth-order valence-electron chi connectivity index (χ4n) is 3.21. The normalized spacial score (nSPS) is 11.1. The lowest BCUT2D eigenvalue weighted by Crippen LogP contribution is -2.25. The molecule has 0 radical (unpaired) electrons. The molecule has 1 amide bonds. The van der Waals surface area contributed by atoms with Gasteiger partial charge in [0.05, 0.1) is 29.1 Å². The van der Waals surface area contributed by atoms with Crippen LogP contribution in [0, 0.1) is 11.6 Å². The number of fused-ring (bicyclic) bond motifs is 1. The number of carbonyl (C=O) groups is 1. The number of hydrogen-bond acceptors (Lipinski definition) is 4. The molecule has 2 aromatic heterocycles. The highest BCUT2D eigenvalue weighted by Gasteiger charge is 2.13. The molecule has 0 aliphatic rings. The lowest BCUT2D eigenvalue weighted by Gasteiger charge is -2.06. The highest BCUT2D eigenvalue weighted by atomic mass is 19.1. The summed E-state index contributed by atoms with van der Waals surface area (Å²) in [6.07, 6.45) is 4.45. The van der Waals surface area contributed by atoms with Crippen LogP contribution in [0.1, 0.15) is 18.7 Å². The van der Waals surface area contributed by atoms with E-state index in [0.29, 0.717) is 18.9 Å². The van der Waals surface area contributed by atoms with Crippen LogP contribution in [-0.2, 0) is 17.8 Å². The molecule has 0 aliphatic carbocycles.